The van der Waals surface area contributed by atoms with E-state index in [1.54, 1.807) is 30.5 Å². The molecular formula is C23H17ClN4O5. The van der Waals surface area contributed by atoms with Gasteiger partial charge in [-0.05, 0) is 42.8 Å². The Morgan fingerprint density at radius 2 is 1.88 bits per heavy atom. The molecule has 1 aromatic heterocycles. The number of oxazole rings is 1. The van der Waals surface area contributed by atoms with Gasteiger partial charge in [0.2, 0.25) is 17.7 Å². The highest BCUT2D eigenvalue weighted by Gasteiger charge is 2.45. The standard InChI is InChI=1S/C23H17ClN4O5/c24-13-6-4-12(5-7-13)17-10-26-19(33-17)11-25-15-3-1-2-14-20(15)23(32)28(22(14)31)16-8-9-18(29)27-21(16)30/h1-7,10,16,25H,8-9,11H2,(H,27,29,30). The molecule has 5 rings (SSSR count). The minimum absolute atomic E-state index is 0.0645. The number of aromatic nitrogens is 1. The van der Waals surface area contributed by atoms with Crippen LogP contribution in [0.5, 0.6) is 0 Å². The van der Waals surface area contributed by atoms with Crippen LogP contribution >= 0.6 is 11.6 Å². The lowest BCUT2D eigenvalue weighted by atomic mass is 10.0. The van der Waals surface area contributed by atoms with E-state index in [2.05, 4.69) is 15.6 Å². The zero-order chi connectivity index (χ0) is 23.1. The molecule has 10 heteroatoms. The highest BCUT2D eigenvalue weighted by molar-refractivity contribution is 6.30. The second-order valence-electron chi connectivity index (χ2n) is 7.65. The zero-order valence-corrected chi connectivity index (χ0v) is 17.9. The van der Waals surface area contributed by atoms with Crippen molar-refractivity contribution in [3.05, 3.63) is 70.7 Å². The molecule has 0 aliphatic carbocycles. The van der Waals surface area contributed by atoms with Gasteiger partial charge in [0.1, 0.15) is 6.04 Å². The number of imide groups is 2. The molecule has 9 nitrogen and oxygen atoms in total. The van der Waals surface area contributed by atoms with Gasteiger partial charge < -0.3 is 9.73 Å². The van der Waals surface area contributed by atoms with Crippen LogP contribution in [0.15, 0.2) is 53.1 Å². The number of carbonyl (C=O) groups is 4. The molecule has 1 saturated heterocycles. The fourth-order valence-corrected chi connectivity index (χ4v) is 4.10. The van der Waals surface area contributed by atoms with Crippen LogP contribution in [-0.2, 0) is 16.1 Å². The van der Waals surface area contributed by atoms with Gasteiger partial charge in [-0.3, -0.25) is 29.4 Å². The number of rotatable bonds is 5. The van der Waals surface area contributed by atoms with Gasteiger partial charge in [-0.25, -0.2) is 4.98 Å². The van der Waals surface area contributed by atoms with Gasteiger partial charge in [-0.15, -0.1) is 0 Å². The van der Waals surface area contributed by atoms with Gasteiger partial charge in [0.15, 0.2) is 5.76 Å². The second-order valence-corrected chi connectivity index (χ2v) is 8.09. The summed E-state index contributed by atoms with van der Waals surface area (Å²) in [5.41, 5.74) is 1.62. The average Bonchev–Trinajstić information content (AvgIpc) is 3.37. The molecule has 3 heterocycles. The topological polar surface area (TPSA) is 122 Å². The number of nitrogens with one attached hydrogen (secondary N) is 2. The van der Waals surface area contributed by atoms with Crippen molar-refractivity contribution < 1.29 is 23.6 Å². The number of hydrogen-bond acceptors (Lipinski definition) is 7. The van der Waals surface area contributed by atoms with Gasteiger partial charge >= 0.3 is 0 Å². The maximum atomic E-state index is 13.1. The van der Waals surface area contributed by atoms with Crippen molar-refractivity contribution in [2.24, 2.45) is 0 Å². The third-order valence-electron chi connectivity index (χ3n) is 5.58. The van der Waals surface area contributed by atoms with Crippen LogP contribution in [0.3, 0.4) is 0 Å². The molecule has 0 bridgehead atoms. The number of benzene rings is 2. The van der Waals surface area contributed by atoms with E-state index in [1.165, 1.54) is 6.07 Å². The number of carbonyl (C=O) groups excluding carboxylic acids is 4. The van der Waals surface area contributed by atoms with E-state index >= 15 is 0 Å². The summed E-state index contributed by atoms with van der Waals surface area (Å²) in [5, 5.41) is 5.90. The van der Waals surface area contributed by atoms with Crippen LogP contribution in [0.2, 0.25) is 5.02 Å². The van der Waals surface area contributed by atoms with Crippen molar-refractivity contribution in [3.8, 4) is 11.3 Å². The lowest BCUT2D eigenvalue weighted by Gasteiger charge is -2.27. The lowest BCUT2D eigenvalue weighted by molar-refractivity contribution is -0.136. The summed E-state index contributed by atoms with van der Waals surface area (Å²) in [6, 6.07) is 11.0. The first-order valence-corrected chi connectivity index (χ1v) is 10.6. The highest BCUT2D eigenvalue weighted by Crippen LogP contribution is 2.32. The molecule has 0 saturated carbocycles. The number of anilines is 1. The number of piperidine rings is 1. The number of hydrogen-bond donors (Lipinski definition) is 2. The molecule has 3 aromatic rings. The van der Waals surface area contributed by atoms with Crippen LogP contribution in [0.4, 0.5) is 5.69 Å². The number of amides is 4. The summed E-state index contributed by atoms with van der Waals surface area (Å²) in [7, 11) is 0. The minimum atomic E-state index is -1.02. The molecule has 2 aliphatic heterocycles. The lowest BCUT2D eigenvalue weighted by Crippen LogP contribution is -2.54. The van der Waals surface area contributed by atoms with E-state index in [9.17, 15) is 19.2 Å². The van der Waals surface area contributed by atoms with Crippen molar-refractivity contribution in [1.82, 2.24) is 15.2 Å². The third-order valence-corrected chi connectivity index (χ3v) is 5.83. The van der Waals surface area contributed by atoms with Crippen molar-refractivity contribution >= 4 is 40.9 Å². The molecule has 1 unspecified atom stereocenters. The van der Waals surface area contributed by atoms with Gasteiger partial charge in [0.25, 0.3) is 11.8 Å². The van der Waals surface area contributed by atoms with Crippen molar-refractivity contribution in [2.45, 2.75) is 25.4 Å². The Labute approximate surface area is 192 Å². The zero-order valence-electron chi connectivity index (χ0n) is 17.1. The Morgan fingerprint density at radius 3 is 2.64 bits per heavy atom. The second kappa shape index (κ2) is 8.18. The van der Waals surface area contributed by atoms with Crippen LogP contribution in [0.25, 0.3) is 11.3 Å². The maximum absolute atomic E-state index is 13.1. The van der Waals surface area contributed by atoms with Crippen LogP contribution < -0.4 is 10.6 Å². The van der Waals surface area contributed by atoms with Crippen LogP contribution in [0, 0.1) is 0 Å². The summed E-state index contributed by atoms with van der Waals surface area (Å²) in [6.07, 6.45) is 1.76. The highest BCUT2D eigenvalue weighted by atomic mass is 35.5. The smallest absolute Gasteiger partial charge is 0.264 e. The number of halogens is 1. The SMILES string of the molecule is O=C1CCC(N2C(=O)c3cccc(NCc4ncc(-c5ccc(Cl)cc5)o4)c3C2=O)C(=O)N1. The third kappa shape index (κ3) is 3.76. The first-order valence-electron chi connectivity index (χ1n) is 10.2. The molecule has 2 aromatic carbocycles. The predicted octanol–water partition coefficient (Wildman–Crippen LogP) is 3.01. The first-order chi connectivity index (χ1) is 15.9. The summed E-state index contributed by atoms with van der Waals surface area (Å²) in [4.78, 5) is 54.9. The fourth-order valence-electron chi connectivity index (χ4n) is 3.97. The van der Waals surface area contributed by atoms with Gasteiger partial charge in [-0.1, -0.05) is 17.7 Å². The molecule has 2 aliphatic rings. The first kappa shape index (κ1) is 20.9. The fraction of sp³-hybridized carbons (Fsp3) is 0.174. The molecule has 1 atom stereocenters. The molecule has 1 fully saturated rings. The molecule has 166 valence electrons. The average molecular weight is 465 g/mol. The van der Waals surface area contributed by atoms with Crippen molar-refractivity contribution in [2.75, 3.05) is 5.32 Å². The summed E-state index contributed by atoms with van der Waals surface area (Å²) in [5.74, 6) is -1.26. The van der Waals surface area contributed by atoms with Gasteiger partial charge in [0.05, 0.1) is 23.9 Å². The van der Waals surface area contributed by atoms with Crippen LogP contribution in [-0.4, -0.2) is 39.6 Å². The predicted molar refractivity (Wildman–Crippen MR) is 117 cm³/mol. The maximum Gasteiger partial charge on any atom is 0.264 e. The van der Waals surface area contributed by atoms with E-state index in [-0.39, 0.29) is 30.5 Å². The molecule has 0 radical (unpaired) electrons. The normalized spacial score (nSPS) is 17.8. The van der Waals surface area contributed by atoms with E-state index in [4.69, 9.17) is 16.0 Å². The number of fused-ring (bicyclic) bond motifs is 1. The Morgan fingerprint density at radius 1 is 1.09 bits per heavy atom. The minimum Gasteiger partial charge on any atom is -0.439 e. The molecule has 33 heavy (non-hydrogen) atoms. The summed E-state index contributed by atoms with van der Waals surface area (Å²) in [6.45, 7) is 0.171. The van der Waals surface area contributed by atoms with Crippen molar-refractivity contribution in [1.29, 1.82) is 0 Å². The molecule has 2 N–H and O–H groups in total. The molecular weight excluding hydrogens is 448 g/mol. The Bertz CT molecular complexity index is 1300. The Balaban J connectivity index is 1.35. The number of nitrogens with zero attached hydrogens (tertiary/aromatic N) is 2. The van der Waals surface area contributed by atoms with Gasteiger partial charge in [-0.2, -0.15) is 0 Å². The van der Waals surface area contributed by atoms with Crippen molar-refractivity contribution in [3.63, 3.8) is 0 Å². The van der Waals surface area contributed by atoms with E-state index in [0.717, 1.165) is 10.5 Å². The Kier molecular flexibility index (Phi) is 5.18. The van der Waals surface area contributed by atoms with E-state index in [0.29, 0.717) is 22.4 Å². The quantitative estimate of drug-likeness (QED) is 0.556. The van der Waals surface area contributed by atoms with Gasteiger partial charge in [0, 0.05) is 22.7 Å². The molecule has 0 spiro atoms. The van der Waals surface area contributed by atoms with E-state index < -0.39 is 29.7 Å². The van der Waals surface area contributed by atoms with Crippen LogP contribution in [0.1, 0.15) is 39.4 Å². The monoisotopic (exact) mass is 464 g/mol. The summed E-state index contributed by atoms with van der Waals surface area (Å²) >= 11 is 5.92. The largest absolute Gasteiger partial charge is 0.439 e. The summed E-state index contributed by atoms with van der Waals surface area (Å²) < 4.78 is 5.78. The van der Waals surface area contributed by atoms with E-state index in [1.807, 2.05) is 12.1 Å². The molecule has 4 amide bonds. The Hall–Kier alpha value is -3.98.